The fraction of sp³-hybridized carbons (Fsp3) is 0.833. The summed E-state index contributed by atoms with van der Waals surface area (Å²) in [6.45, 7) is 13.5. The molecular formula is C12H24NOSi. The van der Waals surface area contributed by atoms with E-state index in [1.807, 2.05) is 6.92 Å². The van der Waals surface area contributed by atoms with E-state index in [4.69, 9.17) is 10.2 Å². The maximum atomic E-state index is 5.72. The van der Waals surface area contributed by atoms with Gasteiger partial charge in [0, 0.05) is 12.5 Å². The van der Waals surface area contributed by atoms with Gasteiger partial charge in [0.05, 0.1) is 6.04 Å². The molecule has 3 heteroatoms. The van der Waals surface area contributed by atoms with E-state index in [9.17, 15) is 0 Å². The molecule has 0 aliphatic carbocycles. The van der Waals surface area contributed by atoms with Crippen LogP contribution in [0.4, 0.5) is 0 Å². The van der Waals surface area contributed by atoms with Crippen LogP contribution in [0.5, 0.6) is 0 Å². The van der Waals surface area contributed by atoms with Crippen molar-refractivity contribution in [3.63, 3.8) is 0 Å². The lowest BCUT2D eigenvalue weighted by atomic mass is 9.81. The fourth-order valence-electron chi connectivity index (χ4n) is 0.990. The summed E-state index contributed by atoms with van der Waals surface area (Å²) in [5, 5.41) is 0. The van der Waals surface area contributed by atoms with Gasteiger partial charge in [0.25, 0.3) is 0 Å². The van der Waals surface area contributed by atoms with Crippen LogP contribution in [0.15, 0.2) is 0 Å². The Hall–Kier alpha value is -0.303. The number of rotatable bonds is 3. The highest BCUT2D eigenvalue weighted by Crippen LogP contribution is 2.25. The first-order valence-corrected chi connectivity index (χ1v) is 7.84. The van der Waals surface area contributed by atoms with Crippen molar-refractivity contribution in [2.45, 2.75) is 46.8 Å². The van der Waals surface area contributed by atoms with Crippen LogP contribution in [0.25, 0.3) is 0 Å². The van der Waals surface area contributed by atoms with Crippen molar-refractivity contribution in [2.24, 2.45) is 17.1 Å². The largest absolute Gasteiger partial charge is 0.416 e. The van der Waals surface area contributed by atoms with Crippen LogP contribution >= 0.6 is 0 Å². The van der Waals surface area contributed by atoms with Crippen LogP contribution in [0.1, 0.15) is 27.7 Å². The van der Waals surface area contributed by atoms with Crippen LogP contribution in [-0.4, -0.2) is 21.7 Å². The molecule has 0 aromatic heterocycles. The smallest absolute Gasteiger partial charge is 0.204 e. The molecule has 0 saturated carbocycles. The fourth-order valence-corrected chi connectivity index (χ4v) is 1.49. The number of nitrogens with two attached hydrogens (primary N) is 1. The molecule has 0 amide bonds. The Bertz CT molecular complexity index is 232. The zero-order valence-corrected chi connectivity index (χ0v) is 11.8. The number of hydrogen-bond donors (Lipinski definition) is 1. The highest BCUT2D eigenvalue weighted by molar-refractivity contribution is 6.48. The van der Waals surface area contributed by atoms with Crippen LogP contribution in [0.3, 0.4) is 0 Å². The summed E-state index contributed by atoms with van der Waals surface area (Å²) in [4.78, 5) is 0. The van der Waals surface area contributed by atoms with E-state index in [-0.39, 0.29) is 17.4 Å². The monoisotopic (exact) mass is 226 g/mol. The van der Waals surface area contributed by atoms with Crippen molar-refractivity contribution < 1.29 is 4.43 Å². The maximum absolute atomic E-state index is 5.72. The lowest BCUT2D eigenvalue weighted by molar-refractivity contribution is 0.192. The normalized spacial score (nSPS) is 15.7. The standard InChI is InChI=1S/C12H24NOSi/c1-10(13)7-8-11(12(2,3)4)9-14-15(5)6/h10-11H,9,13H2,1-6H3. The lowest BCUT2D eigenvalue weighted by Gasteiger charge is -2.27. The molecule has 0 aliphatic rings. The molecule has 2 N–H and O–H groups in total. The summed E-state index contributed by atoms with van der Waals surface area (Å²) in [6, 6.07) is -0.0529. The molecule has 0 spiro atoms. The summed E-state index contributed by atoms with van der Waals surface area (Å²) in [5.74, 6) is 6.53. The maximum Gasteiger partial charge on any atom is 0.204 e. The summed E-state index contributed by atoms with van der Waals surface area (Å²) in [6.07, 6.45) is 0. The van der Waals surface area contributed by atoms with E-state index in [1.54, 1.807) is 0 Å². The molecule has 0 aromatic carbocycles. The van der Waals surface area contributed by atoms with E-state index >= 15 is 0 Å². The van der Waals surface area contributed by atoms with Crippen LogP contribution in [0.2, 0.25) is 13.1 Å². The van der Waals surface area contributed by atoms with Crippen molar-refractivity contribution in [1.82, 2.24) is 0 Å². The Morgan fingerprint density at radius 1 is 1.27 bits per heavy atom. The van der Waals surface area contributed by atoms with Crippen LogP contribution < -0.4 is 5.73 Å². The Kier molecular flexibility index (Phi) is 6.19. The predicted octanol–water partition coefficient (Wildman–Crippen LogP) is 2.27. The zero-order chi connectivity index (χ0) is 12.1. The Morgan fingerprint density at radius 2 is 1.80 bits per heavy atom. The Morgan fingerprint density at radius 3 is 2.13 bits per heavy atom. The van der Waals surface area contributed by atoms with Gasteiger partial charge in [-0.3, -0.25) is 0 Å². The molecule has 0 heterocycles. The third-order valence-electron chi connectivity index (χ3n) is 2.07. The minimum Gasteiger partial charge on any atom is -0.416 e. The average Bonchev–Trinajstić information content (AvgIpc) is 2.00. The van der Waals surface area contributed by atoms with Crippen molar-refractivity contribution in [1.29, 1.82) is 0 Å². The SMILES string of the molecule is CC(N)C#CC(CO[Si](C)C)C(C)(C)C. The van der Waals surface area contributed by atoms with E-state index in [0.29, 0.717) is 0 Å². The molecule has 2 nitrogen and oxygen atoms in total. The first-order valence-electron chi connectivity index (χ1n) is 5.43. The molecule has 0 fully saturated rings. The molecule has 0 aromatic rings. The van der Waals surface area contributed by atoms with Gasteiger partial charge in [-0.15, -0.1) is 0 Å². The molecule has 0 rings (SSSR count). The third kappa shape index (κ3) is 7.61. The summed E-state index contributed by atoms with van der Waals surface area (Å²) in [5.41, 5.74) is 5.78. The van der Waals surface area contributed by atoms with Crippen LogP contribution in [0, 0.1) is 23.2 Å². The summed E-state index contributed by atoms with van der Waals surface area (Å²) in [7, 11) is -0.626. The van der Waals surface area contributed by atoms with E-state index in [2.05, 4.69) is 45.7 Å². The van der Waals surface area contributed by atoms with Gasteiger partial charge in [0.1, 0.15) is 0 Å². The highest BCUT2D eigenvalue weighted by atomic mass is 28.3. The van der Waals surface area contributed by atoms with Crippen molar-refractivity contribution in [3.8, 4) is 11.8 Å². The minimum absolute atomic E-state index is 0.0529. The molecule has 0 bridgehead atoms. The average molecular weight is 226 g/mol. The molecule has 2 unspecified atom stereocenters. The van der Waals surface area contributed by atoms with E-state index in [0.717, 1.165) is 6.61 Å². The van der Waals surface area contributed by atoms with Crippen LogP contribution in [-0.2, 0) is 4.43 Å². The number of hydrogen-bond acceptors (Lipinski definition) is 2. The van der Waals surface area contributed by atoms with Crippen molar-refractivity contribution in [2.75, 3.05) is 6.61 Å². The molecule has 87 valence electrons. The van der Waals surface area contributed by atoms with Gasteiger partial charge < -0.3 is 10.2 Å². The van der Waals surface area contributed by atoms with Crippen molar-refractivity contribution in [3.05, 3.63) is 0 Å². The Labute approximate surface area is 96.3 Å². The molecule has 1 radical (unpaired) electrons. The second kappa shape index (κ2) is 6.32. The van der Waals surface area contributed by atoms with E-state index < -0.39 is 9.04 Å². The van der Waals surface area contributed by atoms with Gasteiger partial charge >= 0.3 is 0 Å². The molecule has 15 heavy (non-hydrogen) atoms. The van der Waals surface area contributed by atoms with Gasteiger partial charge in [-0.25, -0.2) is 0 Å². The molecule has 0 saturated heterocycles. The minimum atomic E-state index is -0.626. The van der Waals surface area contributed by atoms with Gasteiger partial charge in [-0.2, -0.15) is 0 Å². The third-order valence-corrected chi connectivity index (χ3v) is 2.81. The van der Waals surface area contributed by atoms with E-state index in [1.165, 1.54) is 0 Å². The highest BCUT2D eigenvalue weighted by Gasteiger charge is 2.23. The second-order valence-electron chi connectivity index (χ2n) is 5.22. The van der Waals surface area contributed by atoms with Gasteiger partial charge in [0.2, 0.25) is 9.04 Å². The molecular weight excluding hydrogens is 202 g/mol. The first kappa shape index (κ1) is 14.7. The Balaban J connectivity index is 4.42. The predicted molar refractivity (Wildman–Crippen MR) is 67.8 cm³/mol. The topological polar surface area (TPSA) is 35.2 Å². The first-order chi connectivity index (χ1) is 6.73. The van der Waals surface area contributed by atoms with Gasteiger partial charge in [-0.1, -0.05) is 32.6 Å². The van der Waals surface area contributed by atoms with Gasteiger partial charge in [0.15, 0.2) is 0 Å². The molecule has 2 atom stereocenters. The van der Waals surface area contributed by atoms with Crippen molar-refractivity contribution >= 4 is 9.04 Å². The summed E-state index contributed by atoms with van der Waals surface area (Å²) < 4.78 is 5.72. The summed E-state index contributed by atoms with van der Waals surface area (Å²) >= 11 is 0. The zero-order valence-electron chi connectivity index (χ0n) is 10.8. The molecule has 0 aliphatic heterocycles. The quantitative estimate of drug-likeness (QED) is 0.592. The second-order valence-corrected chi connectivity index (χ2v) is 7.32. The lowest BCUT2D eigenvalue weighted by Crippen LogP contribution is -2.27. The van der Waals surface area contributed by atoms with Gasteiger partial charge in [-0.05, 0) is 25.4 Å².